The lowest BCUT2D eigenvalue weighted by molar-refractivity contribution is 0.200. The van der Waals surface area contributed by atoms with Gasteiger partial charge in [0, 0.05) is 0 Å². The molecule has 0 bridgehead atoms. The average Bonchev–Trinajstić information content (AvgIpc) is 2.82. The van der Waals surface area contributed by atoms with Crippen LogP contribution in [0.15, 0.2) is 18.2 Å². The van der Waals surface area contributed by atoms with E-state index in [-0.39, 0.29) is 0 Å². The van der Waals surface area contributed by atoms with Gasteiger partial charge in [0.15, 0.2) is 11.5 Å². The maximum Gasteiger partial charge on any atom is 0.161 e. The predicted octanol–water partition coefficient (Wildman–Crippen LogP) is 3.58. The Kier molecular flexibility index (Phi) is 3.70. The highest BCUT2D eigenvalue weighted by Crippen LogP contribution is 2.32. The molecule has 0 unspecified atom stereocenters. The van der Waals surface area contributed by atoms with Crippen LogP contribution in [-0.4, -0.2) is 13.2 Å². The third-order valence-electron chi connectivity index (χ3n) is 3.23. The molecule has 0 amide bonds. The van der Waals surface area contributed by atoms with Gasteiger partial charge in [-0.3, -0.25) is 0 Å². The largest absolute Gasteiger partial charge is 0.493 e. The summed E-state index contributed by atoms with van der Waals surface area (Å²) in [6.07, 6.45) is 6.36. The first kappa shape index (κ1) is 11.3. The summed E-state index contributed by atoms with van der Waals surface area (Å²) in [5.74, 6) is 1.76. The van der Waals surface area contributed by atoms with Crippen LogP contribution < -0.4 is 9.47 Å². The summed E-state index contributed by atoms with van der Waals surface area (Å²) in [6.45, 7) is 2.15. The van der Waals surface area contributed by atoms with Crippen molar-refractivity contribution >= 4 is 0 Å². The van der Waals surface area contributed by atoms with E-state index >= 15 is 0 Å². The zero-order valence-corrected chi connectivity index (χ0v) is 10.2. The zero-order valence-electron chi connectivity index (χ0n) is 10.2. The van der Waals surface area contributed by atoms with Gasteiger partial charge in [-0.25, -0.2) is 0 Å². The first-order chi connectivity index (χ1) is 7.83. The fourth-order valence-corrected chi connectivity index (χ4v) is 2.22. The molecule has 1 aromatic rings. The molecule has 0 radical (unpaired) electrons. The van der Waals surface area contributed by atoms with Crippen LogP contribution in [0.3, 0.4) is 0 Å². The second-order valence-corrected chi connectivity index (χ2v) is 4.36. The minimum atomic E-state index is 0.390. The minimum absolute atomic E-state index is 0.390. The van der Waals surface area contributed by atoms with Crippen LogP contribution in [0.4, 0.5) is 0 Å². The standard InChI is InChI=1S/C14H20O2/c1-3-11-8-9-13(14(10-11)15-2)16-12-6-4-5-7-12/h8-10,12H,3-7H2,1-2H3. The molecule has 0 heterocycles. The molecular weight excluding hydrogens is 200 g/mol. The normalized spacial score (nSPS) is 16.4. The third-order valence-corrected chi connectivity index (χ3v) is 3.23. The predicted molar refractivity (Wildman–Crippen MR) is 65.3 cm³/mol. The quantitative estimate of drug-likeness (QED) is 0.772. The molecule has 0 saturated heterocycles. The highest BCUT2D eigenvalue weighted by Gasteiger charge is 2.18. The SMILES string of the molecule is CCc1ccc(OC2CCCC2)c(OC)c1. The van der Waals surface area contributed by atoms with Gasteiger partial charge in [-0.15, -0.1) is 0 Å². The van der Waals surface area contributed by atoms with Gasteiger partial charge in [-0.2, -0.15) is 0 Å². The minimum Gasteiger partial charge on any atom is -0.493 e. The molecule has 0 aromatic heterocycles. The van der Waals surface area contributed by atoms with Crippen molar-refractivity contribution in [3.63, 3.8) is 0 Å². The van der Waals surface area contributed by atoms with E-state index in [1.165, 1.54) is 31.2 Å². The molecule has 2 nitrogen and oxygen atoms in total. The van der Waals surface area contributed by atoms with E-state index in [0.29, 0.717) is 6.10 Å². The summed E-state index contributed by atoms with van der Waals surface area (Å²) < 4.78 is 11.3. The smallest absolute Gasteiger partial charge is 0.161 e. The molecule has 0 aliphatic heterocycles. The number of benzene rings is 1. The van der Waals surface area contributed by atoms with Crippen molar-refractivity contribution in [2.24, 2.45) is 0 Å². The van der Waals surface area contributed by atoms with Gasteiger partial charge < -0.3 is 9.47 Å². The first-order valence-corrected chi connectivity index (χ1v) is 6.17. The second-order valence-electron chi connectivity index (χ2n) is 4.36. The molecule has 0 spiro atoms. The number of rotatable bonds is 4. The van der Waals surface area contributed by atoms with Crippen LogP contribution in [0.1, 0.15) is 38.2 Å². The Morgan fingerprint density at radius 1 is 1.19 bits per heavy atom. The van der Waals surface area contributed by atoms with Crippen molar-refractivity contribution in [2.45, 2.75) is 45.1 Å². The molecule has 2 rings (SSSR count). The van der Waals surface area contributed by atoms with E-state index in [4.69, 9.17) is 9.47 Å². The van der Waals surface area contributed by atoms with Crippen molar-refractivity contribution in [3.8, 4) is 11.5 Å². The van der Waals surface area contributed by atoms with Crippen LogP contribution in [0.5, 0.6) is 11.5 Å². The topological polar surface area (TPSA) is 18.5 Å². The van der Waals surface area contributed by atoms with Gasteiger partial charge in [-0.1, -0.05) is 13.0 Å². The van der Waals surface area contributed by atoms with Crippen molar-refractivity contribution in [1.82, 2.24) is 0 Å². The van der Waals surface area contributed by atoms with E-state index in [2.05, 4.69) is 19.1 Å². The van der Waals surface area contributed by atoms with E-state index in [1.54, 1.807) is 7.11 Å². The summed E-state index contributed by atoms with van der Waals surface area (Å²) in [5, 5.41) is 0. The Labute approximate surface area is 97.6 Å². The van der Waals surface area contributed by atoms with Gasteiger partial charge in [0.25, 0.3) is 0 Å². The van der Waals surface area contributed by atoms with Gasteiger partial charge in [0.1, 0.15) is 0 Å². The van der Waals surface area contributed by atoms with Gasteiger partial charge in [-0.05, 0) is 49.8 Å². The molecule has 88 valence electrons. The lowest BCUT2D eigenvalue weighted by atomic mass is 10.1. The van der Waals surface area contributed by atoms with Crippen LogP contribution in [-0.2, 0) is 6.42 Å². The summed E-state index contributed by atoms with van der Waals surface area (Å²) in [4.78, 5) is 0. The fraction of sp³-hybridized carbons (Fsp3) is 0.571. The molecule has 1 aliphatic carbocycles. The number of hydrogen-bond acceptors (Lipinski definition) is 2. The Hall–Kier alpha value is -1.18. The first-order valence-electron chi connectivity index (χ1n) is 6.17. The molecule has 0 atom stereocenters. The molecule has 0 N–H and O–H groups in total. The number of hydrogen-bond donors (Lipinski definition) is 0. The van der Waals surface area contributed by atoms with E-state index < -0.39 is 0 Å². The van der Waals surface area contributed by atoms with Crippen LogP contribution >= 0.6 is 0 Å². The van der Waals surface area contributed by atoms with Crippen molar-refractivity contribution in [1.29, 1.82) is 0 Å². The van der Waals surface area contributed by atoms with Crippen LogP contribution in [0.2, 0.25) is 0 Å². The molecule has 1 fully saturated rings. The Morgan fingerprint density at radius 2 is 1.94 bits per heavy atom. The number of methoxy groups -OCH3 is 1. The van der Waals surface area contributed by atoms with E-state index in [0.717, 1.165) is 17.9 Å². The Balaban J connectivity index is 2.12. The summed E-state index contributed by atoms with van der Waals surface area (Å²) in [6, 6.07) is 6.23. The monoisotopic (exact) mass is 220 g/mol. The summed E-state index contributed by atoms with van der Waals surface area (Å²) in [7, 11) is 1.70. The molecule has 16 heavy (non-hydrogen) atoms. The second kappa shape index (κ2) is 5.24. The maximum atomic E-state index is 5.97. The lowest BCUT2D eigenvalue weighted by Crippen LogP contribution is -2.11. The van der Waals surface area contributed by atoms with E-state index in [1.807, 2.05) is 6.07 Å². The van der Waals surface area contributed by atoms with Crippen LogP contribution in [0, 0.1) is 0 Å². The Bertz CT molecular complexity index is 341. The van der Waals surface area contributed by atoms with Gasteiger partial charge >= 0.3 is 0 Å². The lowest BCUT2D eigenvalue weighted by Gasteiger charge is -2.16. The van der Waals surface area contributed by atoms with Crippen LogP contribution in [0.25, 0.3) is 0 Å². The molecule has 1 aliphatic rings. The average molecular weight is 220 g/mol. The zero-order chi connectivity index (χ0) is 11.4. The van der Waals surface area contributed by atoms with Gasteiger partial charge in [0.05, 0.1) is 13.2 Å². The van der Waals surface area contributed by atoms with Crippen molar-refractivity contribution < 1.29 is 9.47 Å². The van der Waals surface area contributed by atoms with Crippen molar-refractivity contribution in [3.05, 3.63) is 23.8 Å². The molecule has 1 saturated carbocycles. The molecule has 2 heteroatoms. The van der Waals surface area contributed by atoms with Crippen molar-refractivity contribution in [2.75, 3.05) is 7.11 Å². The Morgan fingerprint density at radius 3 is 2.56 bits per heavy atom. The third kappa shape index (κ3) is 2.49. The molecule has 1 aromatic carbocycles. The number of aryl methyl sites for hydroxylation is 1. The highest BCUT2D eigenvalue weighted by atomic mass is 16.5. The number of ether oxygens (including phenoxy) is 2. The van der Waals surface area contributed by atoms with E-state index in [9.17, 15) is 0 Å². The summed E-state index contributed by atoms with van der Waals surface area (Å²) >= 11 is 0. The highest BCUT2D eigenvalue weighted by molar-refractivity contribution is 5.43. The van der Waals surface area contributed by atoms with Gasteiger partial charge in [0.2, 0.25) is 0 Å². The summed E-state index contributed by atoms with van der Waals surface area (Å²) in [5.41, 5.74) is 1.29. The fourth-order valence-electron chi connectivity index (χ4n) is 2.22. The molecular formula is C14H20O2. The maximum absolute atomic E-state index is 5.97.